The Morgan fingerprint density at radius 2 is 1.86 bits per heavy atom. The Bertz CT molecular complexity index is 1220. The molecule has 4 rings (SSSR count). The number of carbonyl (C=O) groups is 2. The van der Waals surface area contributed by atoms with E-state index in [0.717, 1.165) is 16.3 Å². The molecule has 2 amide bonds. The molecule has 36 heavy (non-hydrogen) atoms. The Kier molecular flexibility index (Phi) is 7.93. The Balaban J connectivity index is 1.64. The van der Waals surface area contributed by atoms with Gasteiger partial charge in [0.25, 0.3) is 0 Å². The van der Waals surface area contributed by atoms with Crippen LogP contribution in [0.4, 0.5) is 23.1 Å². The summed E-state index contributed by atoms with van der Waals surface area (Å²) in [4.78, 5) is 37.9. The minimum absolute atomic E-state index is 0.122. The van der Waals surface area contributed by atoms with E-state index in [2.05, 4.69) is 25.7 Å². The smallest absolute Gasteiger partial charge is 0.222 e. The van der Waals surface area contributed by atoms with E-state index in [1.54, 1.807) is 7.11 Å². The Morgan fingerprint density at radius 1 is 1.14 bits per heavy atom. The topological polar surface area (TPSA) is 128 Å². The first-order valence-corrected chi connectivity index (χ1v) is 12.5. The maximum Gasteiger partial charge on any atom is 0.222 e. The predicted molar refractivity (Wildman–Crippen MR) is 139 cm³/mol. The van der Waals surface area contributed by atoms with Crippen molar-refractivity contribution in [1.82, 2.24) is 25.1 Å². The lowest BCUT2D eigenvalue weighted by molar-refractivity contribution is -0.131. The molecule has 0 atom stereocenters. The van der Waals surface area contributed by atoms with Gasteiger partial charge in [-0.25, -0.2) is 9.97 Å². The highest BCUT2D eigenvalue weighted by atomic mass is 32.2. The first-order valence-electron chi connectivity index (χ1n) is 11.7. The van der Waals surface area contributed by atoms with Crippen LogP contribution in [-0.4, -0.2) is 70.2 Å². The van der Waals surface area contributed by atoms with Crippen molar-refractivity contribution in [2.45, 2.75) is 37.2 Å². The fraction of sp³-hybridized carbons (Fsp3) is 0.375. The summed E-state index contributed by atoms with van der Waals surface area (Å²) in [5.41, 5.74) is 1.63. The number of nitrogens with zero attached hydrogens (tertiary/aromatic N) is 5. The molecule has 0 bridgehead atoms. The lowest BCUT2D eigenvalue weighted by Crippen LogP contribution is -2.49. The third-order valence-electron chi connectivity index (χ3n) is 5.60. The highest BCUT2D eigenvalue weighted by Crippen LogP contribution is 2.38. The molecule has 12 heteroatoms. The van der Waals surface area contributed by atoms with Crippen molar-refractivity contribution in [2.75, 3.05) is 48.8 Å². The molecular formula is C24H30N8O3S. The van der Waals surface area contributed by atoms with Gasteiger partial charge in [-0.3, -0.25) is 14.7 Å². The Hall–Kier alpha value is -3.80. The van der Waals surface area contributed by atoms with E-state index >= 15 is 0 Å². The number of rotatable bonds is 8. The van der Waals surface area contributed by atoms with Gasteiger partial charge in [-0.2, -0.15) is 5.10 Å². The van der Waals surface area contributed by atoms with E-state index in [-0.39, 0.29) is 11.8 Å². The van der Waals surface area contributed by atoms with Crippen molar-refractivity contribution >= 4 is 46.7 Å². The van der Waals surface area contributed by atoms with Crippen LogP contribution < -0.4 is 20.3 Å². The summed E-state index contributed by atoms with van der Waals surface area (Å²) >= 11 is 1.40. The zero-order valence-electron chi connectivity index (χ0n) is 20.8. The molecule has 0 saturated carbocycles. The van der Waals surface area contributed by atoms with Crippen LogP contribution in [0.2, 0.25) is 0 Å². The van der Waals surface area contributed by atoms with Gasteiger partial charge < -0.3 is 25.2 Å². The molecular weight excluding hydrogens is 480 g/mol. The predicted octanol–water partition coefficient (Wildman–Crippen LogP) is 3.43. The number of aromatic amines is 1. The van der Waals surface area contributed by atoms with Crippen LogP contribution in [-0.2, 0) is 9.59 Å². The molecule has 3 aromatic rings. The number of H-pyrrole nitrogens is 1. The SMILES string of the molecule is CCC(=O)N1CCN(c2nc(Sc3ccc(NC(C)=O)cc3)nc(Nc3cc(C)[nH]n3)c2OC)CC1. The number of hydrogen-bond acceptors (Lipinski definition) is 9. The van der Waals surface area contributed by atoms with Crippen LogP contribution >= 0.6 is 11.8 Å². The Morgan fingerprint density at radius 3 is 2.44 bits per heavy atom. The summed E-state index contributed by atoms with van der Waals surface area (Å²) in [6.07, 6.45) is 0.496. The minimum Gasteiger partial charge on any atom is -0.490 e. The standard InChI is InChI=1S/C24H30N8O3S/c1-5-20(34)31-10-12-32(13-11-31)23-21(35-4)22(26-19-14-15(2)29-30-19)27-24(28-23)36-18-8-6-17(7-9-18)25-16(3)33/h6-9,14H,5,10-13H2,1-4H3,(H,25,33)(H2,26,27,28,29,30). The van der Waals surface area contributed by atoms with Gasteiger partial charge in [0.2, 0.25) is 17.6 Å². The fourth-order valence-electron chi connectivity index (χ4n) is 3.86. The van der Waals surface area contributed by atoms with Gasteiger partial charge in [-0.15, -0.1) is 0 Å². The van der Waals surface area contributed by atoms with Crippen molar-refractivity contribution in [3.63, 3.8) is 0 Å². The maximum atomic E-state index is 12.1. The molecule has 190 valence electrons. The number of aryl methyl sites for hydroxylation is 1. The highest BCUT2D eigenvalue weighted by Gasteiger charge is 2.26. The summed E-state index contributed by atoms with van der Waals surface area (Å²) in [6, 6.07) is 9.36. The second-order valence-electron chi connectivity index (χ2n) is 8.30. The number of nitrogens with one attached hydrogen (secondary N) is 3. The van der Waals surface area contributed by atoms with Crippen molar-refractivity contribution in [2.24, 2.45) is 0 Å². The van der Waals surface area contributed by atoms with E-state index in [1.807, 2.05) is 49.1 Å². The molecule has 2 aromatic heterocycles. The molecule has 0 spiro atoms. The first-order chi connectivity index (χ1) is 17.4. The number of aromatic nitrogens is 4. The zero-order chi connectivity index (χ0) is 25.7. The molecule has 1 aliphatic rings. The number of benzene rings is 1. The quantitative estimate of drug-likeness (QED) is 0.390. The van der Waals surface area contributed by atoms with Crippen LogP contribution in [0.25, 0.3) is 0 Å². The minimum atomic E-state index is -0.122. The summed E-state index contributed by atoms with van der Waals surface area (Å²) in [5, 5.41) is 13.7. The van der Waals surface area contributed by atoms with Gasteiger partial charge in [-0.1, -0.05) is 6.92 Å². The molecule has 0 aliphatic carbocycles. The molecule has 1 aromatic carbocycles. The first kappa shape index (κ1) is 25.3. The fourth-order valence-corrected chi connectivity index (χ4v) is 4.61. The number of carbonyl (C=O) groups excluding carboxylic acids is 2. The van der Waals surface area contributed by atoms with Crippen LogP contribution in [0.3, 0.4) is 0 Å². The number of methoxy groups -OCH3 is 1. The van der Waals surface area contributed by atoms with Gasteiger partial charge in [0.05, 0.1) is 7.11 Å². The normalized spacial score (nSPS) is 13.4. The average Bonchev–Trinajstić information content (AvgIpc) is 3.28. The number of piperazine rings is 1. The van der Waals surface area contributed by atoms with E-state index in [4.69, 9.17) is 14.7 Å². The molecule has 0 unspecified atom stereocenters. The monoisotopic (exact) mass is 510 g/mol. The van der Waals surface area contributed by atoms with Crippen LogP contribution in [0, 0.1) is 6.92 Å². The van der Waals surface area contributed by atoms with E-state index in [0.29, 0.717) is 61.0 Å². The van der Waals surface area contributed by atoms with Gasteiger partial charge in [0.1, 0.15) is 0 Å². The van der Waals surface area contributed by atoms with Gasteiger partial charge in [0.15, 0.2) is 22.6 Å². The molecule has 1 aliphatic heterocycles. The number of ether oxygens (including phenoxy) is 1. The molecule has 11 nitrogen and oxygen atoms in total. The summed E-state index contributed by atoms with van der Waals surface area (Å²) in [5.74, 6) is 2.31. The maximum absolute atomic E-state index is 12.1. The van der Waals surface area contributed by atoms with E-state index in [9.17, 15) is 9.59 Å². The average molecular weight is 511 g/mol. The zero-order valence-corrected chi connectivity index (χ0v) is 21.6. The molecule has 3 N–H and O–H groups in total. The van der Waals surface area contributed by atoms with Crippen molar-refractivity contribution in [3.8, 4) is 5.75 Å². The third-order valence-corrected chi connectivity index (χ3v) is 6.47. The number of amides is 2. The van der Waals surface area contributed by atoms with Crippen molar-refractivity contribution in [3.05, 3.63) is 36.0 Å². The summed E-state index contributed by atoms with van der Waals surface area (Å²) in [7, 11) is 1.59. The lowest BCUT2D eigenvalue weighted by Gasteiger charge is -2.36. The van der Waals surface area contributed by atoms with Crippen molar-refractivity contribution < 1.29 is 14.3 Å². The largest absolute Gasteiger partial charge is 0.490 e. The van der Waals surface area contributed by atoms with Gasteiger partial charge in [0, 0.05) is 61.9 Å². The Labute approximate surface area is 214 Å². The van der Waals surface area contributed by atoms with Crippen molar-refractivity contribution in [1.29, 1.82) is 0 Å². The number of anilines is 4. The van der Waals surface area contributed by atoms with Gasteiger partial charge >= 0.3 is 0 Å². The highest BCUT2D eigenvalue weighted by molar-refractivity contribution is 7.99. The lowest BCUT2D eigenvalue weighted by atomic mass is 10.2. The molecule has 1 fully saturated rings. The summed E-state index contributed by atoms with van der Waals surface area (Å²) < 4.78 is 5.76. The molecule has 1 saturated heterocycles. The van der Waals surface area contributed by atoms with Crippen LogP contribution in [0.15, 0.2) is 40.4 Å². The molecule has 3 heterocycles. The molecule has 0 radical (unpaired) electrons. The number of hydrogen-bond donors (Lipinski definition) is 3. The summed E-state index contributed by atoms with van der Waals surface area (Å²) in [6.45, 7) is 7.78. The second kappa shape index (κ2) is 11.3. The third kappa shape index (κ3) is 6.06. The van der Waals surface area contributed by atoms with E-state index in [1.165, 1.54) is 18.7 Å². The van der Waals surface area contributed by atoms with Crippen LogP contribution in [0.5, 0.6) is 5.75 Å². The van der Waals surface area contributed by atoms with Gasteiger partial charge in [-0.05, 0) is 43.0 Å². The van der Waals surface area contributed by atoms with E-state index < -0.39 is 0 Å². The second-order valence-corrected chi connectivity index (χ2v) is 9.34. The van der Waals surface area contributed by atoms with Crippen LogP contribution in [0.1, 0.15) is 26.0 Å².